The number of hydrogen-bond donors (Lipinski definition) is 0. The number of thiocarbonyl (C=S) groups is 1. The van der Waals surface area contributed by atoms with Crippen molar-refractivity contribution < 1.29 is 9.66 Å². The standard InChI is InChI=1S/C11H12ClNO3S2/c1-2-16-11(17)18-10(7-13(14)15)8-4-3-5-9(12)6-8/h3-6,10H,2,7H2,1H3. The van der Waals surface area contributed by atoms with Crippen molar-refractivity contribution in [2.75, 3.05) is 13.2 Å². The molecule has 1 atom stereocenters. The Bertz CT molecular complexity index is 442. The summed E-state index contributed by atoms with van der Waals surface area (Å²) in [5, 5.41) is 10.8. The highest BCUT2D eigenvalue weighted by atomic mass is 35.5. The Hall–Kier alpha value is -0.850. The maximum atomic E-state index is 10.7. The van der Waals surface area contributed by atoms with Crippen LogP contribution in [0.25, 0.3) is 0 Å². The van der Waals surface area contributed by atoms with Crippen molar-refractivity contribution in [2.24, 2.45) is 0 Å². The van der Waals surface area contributed by atoms with Gasteiger partial charge in [0.1, 0.15) is 5.25 Å². The zero-order valence-corrected chi connectivity index (χ0v) is 12.1. The van der Waals surface area contributed by atoms with Gasteiger partial charge in [-0.3, -0.25) is 10.1 Å². The van der Waals surface area contributed by atoms with Gasteiger partial charge in [-0.15, -0.1) is 0 Å². The fourth-order valence-electron chi connectivity index (χ4n) is 1.32. The van der Waals surface area contributed by atoms with Crippen molar-refractivity contribution in [3.63, 3.8) is 0 Å². The summed E-state index contributed by atoms with van der Waals surface area (Å²) in [6.07, 6.45) is 0. The molecule has 0 aliphatic rings. The molecule has 0 aromatic heterocycles. The van der Waals surface area contributed by atoms with E-state index in [0.717, 1.165) is 5.56 Å². The summed E-state index contributed by atoms with van der Waals surface area (Å²) in [6, 6.07) is 6.98. The van der Waals surface area contributed by atoms with Crippen LogP contribution in [0.1, 0.15) is 17.7 Å². The van der Waals surface area contributed by atoms with Crippen LogP contribution in [0.4, 0.5) is 0 Å². The molecule has 0 saturated carbocycles. The third-order valence-electron chi connectivity index (χ3n) is 2.04. The average Bonchev–Trinajstić information content (AvgIpc) is 2.28. The Kier molecular flexibility index (Phi) is 6.38. The summed E-state index contributed by atoms with van der Waals surface area (Å²) in [5.41, 5.74) is 0.770. The van der Waals surface area contributed by atoms with E-state index in [4.69, 9.17) is 28.6 Å². The zero-order valence-electron chi connectivity index (χ0n) is 9.67. The summed E-state index contributed by atoms with van der Waals surface area (Å²) in [6.45, 7) is 2.04. The normalized spacial score (nSPS) is 11.9. The van der Waals surface area contributed by atoms with Crippen LogP contribution >= 0.6 is 35.6 Å². The van der Waals surface area contributed by atoms with Gasteiger partial charge in [-0.1, -0.05) is 35.5 Å². The van der Waals surface area contributed by atoms with E-state index in [1.165, 1.54) is 11.8 Å². The van der Waals surface area contributed by atoms with E-state index in [1.54, 1.807) is 24.3 Å². The summed E-state index contributed by atoms with van der Waals surface area (Å²) < 4.78 is 5.45. The molecular weight excluding hydrogens is 294 g/mol. The first-order valence-electron chi connectivity index (χ1n) is 5.23. The van der Waals surface area contributed by atoms with E-state index < -0.39 is 5.25 Å². The van der Waals surface area contributed by atoms with Gasteiger partial charge in [-0.05, 0) is 36.8 Å². The highest BCUT2D eigenvalue weighted by molar-refractivity contribution is 8.22. The molecule has 0 amide bonds. The van der Waals surface area contributed by atoms with Crippen LogP contribution in [0.15, 0.2) is 24.3 Å². The van der Waals surface area contributed by atoms with Crippen molar-refractivity contribution in [3.8, 4) is 0 Å². The maximum absolute atomic E-state index is 10.7. The summed E-state index contributed by atoms with van der Waals surface area (Å²) in [7, 11) is 0. The van der Waals surface area contributed by atoms with Crippen LogP contribution in [-0.4, -0.2) is 22.5 Å². The molecule has 0 N–H and O–H groups in total. The van der Waals surface area contributed by atoms with Crippen molar-refractivity contribution in [3.05, 3.63) is 45.0 Å². The van der Waals surface area contributed by atoms with Crippen LogP contribution in [0.3, 0.4) is 0 Å². The van der Waals surface area contributed by atoms with Crippen LogP contribution in [0, 0.1) is 10.1 Å². The van der Waals surface area contributed by atoms with Crippen LogP contribution in [0.5, 0.6) is 0 Å². The molecule has 0 bridgehead atoms. The minimum Gasteiger partial charge on any atom is -0.479 e. The number of hydrogen-bond acceptors (Lipinski definition) is 5. The van der Waals surface area contributed by atoms with Gasteiger partial charge >= 0.3 is 0 Å². The fourth-order valence-corrected chi connectivity index (χ4v) is 2.88. The number of halogens is 1. The SMILES string of the molecule is CCOC(=S)SC(C[N+](=O)[O-])c1cccc(Cl)c1. The number of thioether (sulfide) groups is 1. The number of benzene rings is 1. The zero-order chi connectivity index (χ0) is 13.5. The topological polar surface area (TPSA) is 52.4 Å². The Morgan fingerprint density at radius 1 is 1.67 bits per heavy atom. The second-order valence-electron chi connectivity index (χ2n) is 3.36. The molecule has 1 unspecified atom stereocenters. The molecule has 0 heterocycles. The van der Waals surface area contributed by atoms with Gasteiger partial charge in [0.25, 0.3) is 0 Å². The average molecular weight is 306 g/mol. The summed E-state index contributed by atoms with van der Waals surface area (Å²) >= 11 is 12.0. The molecule has 0 spiro atoms. The minimum absolute atomic E-state index is 0.224. The molecule has 0 fully saturated rings. The Labute approximate surface area is 120 Å². The van der Waals surface area contributed by atoms with Crippen molar-refractivity contribution in [1.29, 1.82) is 0 Å². The van der Waals surface area contributed by atoms with Gasteiger partial charge < -0.3 is 4.74 Å². The lowest BCUT2D eigenvalue weighted by Gasteiger charge is -2.13. The van der Waals surface area contributed by atoms with Crippen LogP contribution in [-0.2, 0) is 4.74 Å². The lowest BCUT2D eigenvalue weighted by atomic mass is 10.1. The van der Waals surface area contributed by atoms with Gasteiger partial charge in [0.15, 0.2) is 0 Å². The largest absolute Gasteiger partial charge is 0.479 e. The molecule has 1 aromatic carbocycles. The van der Waals surface area contributed by atoms with Gasteiger partial charge in [0.05, 0.1) is 6.61 Å². The smallest absolute Gasteiger partial charge is 0.220 e. The number of ether oxygens (including phenoxy) is 1. The Morgan fingerprint density at radius 2 is 2.39 bits per heavy atom. The van der Waals surface area contributed by atoms with E-state index >= 15 is 0 Å². The highest BCUT2D eigenvalue weighted by Crippen LogP contribution is 2.31. The molecule has 0 saturated heterocycles. The predicted molar refractivity (Wildman–Crippen MR) is 77.9 cm³/mol. The van der Waals surface area contributed by atoms with Gasteiger partial charge in [0.2, 0.25) is 10.9 Å². The van der Waals surface area contributed by atoms with E-state index in [0.29, 0.717) is 16.0 Å². The first-order valence-corrected chi connectivity index (χ1v) is 6.90. The van der Waals surface area contributed by atoms with Gasteiger partial charge in [-0.2, -0.15) is 0 Å². The molecule has 1 aromatic rings. The fraction of sp³-hybridized carbons (Fsp3) is 0.364. The van der Waals surface area contributed by atoms with E-state index in [9.17, 15) is 10.1 Å². The molecule has 7 heteroatoms. The third-order valence-corrected chi connectivity index (χ3v) is 3.69. The molecule has 0 aliphatic heterocycles. The van der Waals surface area contributed by atoms with E-state index in [2.05, 4.69) is 0 Å². The second kappa shape index (κ2) is 7.56. The lowest BCUT2D eigenvalue weighted by molar-refractivity contribution is -0.479. The molecule has 98 valence electrons. The summed E-state index contributed by atoms with van der Waals surface area (Å²) in [5.74, 6) is 0. The molecule has 1 rings (SSSR count). The van der Waals surface area contributed by atoms with E-state index in [-0.39, 0.29) is 11.5 Å². The molecular formula is C11H12ClNO3S2. The first-order chi connectivity index (χ1) is 8.52. The number of nitrogens with zero attached hydrogens (tertiary/aromatic N) is 1. The summed E-state index contributed by atoms with van der Waals surface area (Å²) in [4.78, 5) is 10.3. The molecule has 4 nitrogen and oxygen atoms in total. The van der Waals surface area contributed by atoms with Crippen molar-refractivity contribution in [1.82, 2.24) is 0 Å². The predicted octanol–water partition coefficient (Wildman–Crippen LogP) is 3.71. The second-order valence-corrected chi connectivity index (χ2v) is 5.60. The first kappa shape index (κ1) is 15.2. The Balaban J connectivity index is 2.84. The third kappa shape index (κ3) is 5.20. The molecule has 18 heavy (non-hydrogen) atoms. The number of rotatable bonds is 5. The van der Waals surface area contributed by atoms with E-state index in [1.807, 2.05) is 6.92 Å². The quantitative estimate of drug-likeness (QED) is 0.471. The van der Waals surface area contributed by atoms with Crippen molar-refractivity contribution in [2.45, 2.75) is 12.2 Å². The van der Waals surface area contributed by atoms with Crippen LogP contribution < -0.4 is 0 Å². The highest BCUT2D eigenvalue weighted by Gasteiger charge is 2.21. The minimum atomic E-state index is -0.391. The van der Waals surface area contributed by atoms with Gasteiger partial charge in [-0.25, -0.2) is 0 Å². The maximum Gasteiger partial charge on any atom is 0.220 e. The van der Waals surface area contributed by atoms with Gasteiger partial charge in [0, 0.05) is 9.95 Å². The van der Waals surface area contributed by atoms with Crippen LogP contribution in [0.2, 0.25) is 5.02 Å². The monoisotopic (exact) mass is 305 g/mol. The molecule has 0 aliphatic carbocycles. The van der Waals surface area contributed by atoms with Crippen molar-refractivity contribution >= 4 is 40.0 Å². The molecule has 0 radical (unpaired) electrons. The number of nitro groups is 1. The lowest BCUT2D eigenvalue weighted by Crippen LogP contribution is -2.12. The Morgan fingerprint density at radius 3 is 2.94 bits per heavy atom.